The van der Waals surface area contributed by atoms with E-state index in [1.165, 1.54) is 0 Å². The van der Waals surface area contributed by atoms with E-state index in [1.807, 2.05) is 19.2 Å². The third-order valence-electron chi connectivity index (χ3n) is 3.27. The van der Waals surface area contributed by atoms with Crippen LogP contribution in [0.4, 0.5) is 5.69 Å². The maximum absolute atomic E-state index is 6.00. The minimum Gasteiger partial charge on any atom is -0.398 e. The quantitative estimate of drug-likeness (QED) is 0.720. The predicted molar refractivity (Wildman–Crippen MR) is 80.1 cm³/mol. The van der Waals surface area contributed by atoms with Gasteiger partial charge in [0.25, 0.3) is 0 Å². The van der Waals surface area contributed by atoms with Crippen molar-refractivity contribution in [2.45, 2.75) is 52.2 Å². The van der Waals surface area contributed by atoms with Gasteiger partial charge in [-0.25, -0.2) is 0 Å². The van der Waals surface area contributed by atoms with Crippen molar-refractivity contribution in [3.05, 3.63) is 24.0 Å². The van der Waals surface area contributed by atoms with Crippen molar-refractivity contribution in [1.29, 1.82) is 0 Å². The molecule has 19 heavy (non-hydrogen) atoms. The van der Waals surface area contributed by atoms with Crippen LogP contribution < -0.4 is 11.1 Å². The summed E-state index contributed by atoms with van der Waals surface area (Å²) in [5.74, 6) is 0. The average molecular weight is 265 g/mol. The molecule has 0 amide bonds. The normalized spacial score (nSPS) is 14.3. The first-order valence-corrected chi connectivity index (χ1v) is 7.26. The van der Waals surface area contributed by atoms with Crippen molar-refractivity contribution in [3.8, 4) is 0 Å². The molecule has 1 aromatic heterocycles. The molecular formula is C15H27N3O. The van der Waals surface area contributed by atoms with Crippen molar-refractivity contribution in [3.63, 3.8) is 0 Å². The van der Waals surface area contributed by atoms with E-state index in [0.29, 0.717) is 0 Å². The molecule has 0 fully saturated rings. The lowest BCUT2D eigenvalue weighted by Crippen LogP contribution is -2.43. The Hall–Kier alpha value is -1.13. The van der Waals surface area contributed by atoms with Crippen molar-refractivity contribution in [2.75, 3.05) is 18.9 Å². The second kappa shape index (κ2) is 8.88. The average Bonchev–Trinajstić information content (AvgIpc) is 2.43. The first kappa shape index (κ1) is 15.9. The Morgan fingerprint density at radius 3 is 2.74 bits per heavy atom. The van der Waals surface area contributed by atoms with E-state index in [9.17, 15) is 0 Å². The van der Waals surface area contributed by atoms with E-state index in [1.54, 1.807) is 6.20 Å². The molecule has 4 heteroatoms. The number of nitrogens with one attached hydrogen (secondary N) is 1. The lowest BCUT2D eigenvalue weighted by molar-refractivity contribution is 0.0320. The van der Waals surface area contributed by atoms with Crippen LogP contribution in [0.25, 0.3) is 0 Å². The molecular weight excluding hydrogens is 238 g/mol. The summed E-state index contributed by atoms with van der Waals surface area (Å²) >= 11 is 0. The molecule has 0 spiro atoms. The summed E-state index contributed by atoms with van der Waals surface area (Å²) in [7, 11) is 0. The van der Waals surface area contributed by atoms with Gasteiger partial charge in [-0.05, 0) is 44.4 Å². The van der Waals surface area contributed by atoms with Crippen molar-refractivity contribution >= 4 is 5.69 Å². The Kier molecular flexibility index (Phi) is 7.45. The van der Waals surface area contributed by atoms with Gasteiger partial charge in [0, 0.05) is 30.7 Å². The Balaban J connectivity index is 2.75. The van der Waals surface area contributed by atoms with Gasteiger partial charge < -0.3 is 15.8 Å². The molecule has 0 aliphatic carbocycles. The summed E-state index contributed by atoms with van der Waals surface area (Å²) in [6.07, 6.45) is 6.77. The maximum atomic E-state index is 6.00. The highest BCUT2D eigenvalue weighted by Crippen LogP contribution is 2.16. The van der Waals surface area contributed by atoms with Gasteiger partial charge in [0.1, 0.15) is 0 Å². The summed E-state index contributed by atoms with van der Waals surface area (Å²) in [5.41, 5.74) is 7.91. The monoisotopic (exact) mass is 265 g/mol. The maximum Gasteiger partial charge on any atom is 0.0728 e. The van der Waals surface area contributed by atoms with Crippen LogP contribution in [0.15, 0.2) is 18.5 Å². The van der Waals surface area contributed by atoms with Gasteiger partial charge in [-0.1, -0.05) is 13.8 Å². The molecule has 2 atom stereocenters. The molecule has 4 nitrogen and oxygen atoms in total. The molecule has 0 bridgehead atoms. The Morgan fingerprint density at radius 1 is 1.37 bits per heavy atom. The number of ether oxygens (including phenoxy) is 1. The van der Waals surface area contributed by atoms with E-state index in [-0.39, 0.29) is 12.1 Å². The number of nitrogen functional groups attached to an aromatic ring is 1. The first-order chi connectivity index (χ1) is 9.22. The molecule has 0 saturated carbocycles. The minimum atomic E-state index is 0.219. The van der Waals surface area contributed by atoms with Crippen LogP contribution in [0.3, 0.4) is 0 Å². The third kappa shape index (κ3) is 5.17. The first-order valence-electron chi connectivity index (χ1n) is 7.26. The second-order valence-corrected chi connectivity index (χ2v) is 4.74. The molecule has 1 heterocycles. The number of anilines is 1. The molecule has 1 rings (SSSR count). The number of rotatable bonds is 9. The fraction of sp³-hybridized carbons (Fsp3) is 0.667. The van der Waals surface area contributed by atoms with Crippen molar-refractivity contribution in [2.24, 2.45) is 0 Å². The molecule has 3 N–H and O–H groups in total. The van der Waals surface area contributed by atoms with E-state index < -0.39 is 0 Å². The van der Waals surface area contributed by atoms with Crippen LogP contribution >= 0.6 is 0 Å². The molecule has 0 aliphatic rings. The SMILES string of the molecule is CCCNC(Cc1cnccc1N)C(CC)OCC. The Morgan fingerprint density at radius 2 is 2.16 bits per heavy atom. The standard InChI is InChI=1S/C15H27N3O/c1-4-8-18-14(15(5-2)19-6-3)10-12-11-17-9-7-13(12)16/h7,9,11,14-15,18H,4-6,8,10H2,1-3H3,(H2,16,17). The number of pyridine rings is 1. The number of nitrogens with two attached hydrogens (primary N) is 1. The van der Waals surface area contributed by atoms with E-state index in [0.717, 1.165) is 43.7 Å². The third-order valence-corrected chi connectivity index (χ3v) is 3.27. The number of aromatic nitrogens is 1. The Bertz CT molecular complexity index is 357. The number of nitrogens with zero attached hydrogens (tertiary/aromatic N) is 1. The van der Waals surface area contributed by atoms with Gasteiger partial charge in [0.05, 0.1) is 6.10 Å². The van der Waals surface area contributed by atoms with E-state index in [4.69, 9.17) is 10.5 Å². The highest BCUT2D eigenvalue weighted by molar-refractivity contribution is 5.44. The minimum absolute atomic E-state index is 0.219. The lowest BCUT2D eigenvalue weighted by atomic mass is 9.99. The van der Waals surface area contributed by atoms with E-state index in [2.05, 4.69) is 24.1 Å². The molecule has 108 valence electrons. The smallest absolute Gasteiger partial charge is 0.0728 e. The van der Waals surface area contributed by atoms with Gasteiger partial charge in [-0.15, -0.1) is 0 Å². The van der Waals surface area contributed by atoms with Crippen LogP contribution in [0.2, 0.25) is 0 Å². The fourth-order valence-electron chi connectivity index (χ4n) is 2.24. The zero-order chi connectivity index (χ0) is 14.1. The summed E-state index contributed by atoms with van der Waals surface area (Å²) in [6, 6.07) is 2.14. The summed E-state index contributed by atoms with van der Waals surface area (Å²) in [6.45, 7) is 8.11. The zero-order valence-electron chi connectivity index (χ0n) is 12.4. The van der Waals surface area contributed by atoms with Crippen LogP contribution in [-0.4, -0.2) is 30.3 Å². The predicted octanol–water partition coefficient (Wildman–Crippen LogP) is 2.39. The number of hydrogen-bond acceptors (Lipinski definition) is 4. The van der Waals surface area contributed by atoms with Gasteiger partial charge in [-0.2, -0.15) is 0 Å². The van der Waals surface area contributed by atoms with Crippen LogP contribution in [0.5, 0.6) is 0 Å². The Labute approximate surface area is 116 Å². The molecule has 0 aromatic carbocycles. The van der Waals surface area contributed by atoms with Crippen LogP contribution in [0, 0.1) is 0 Å². The number of hydrogen-bond donors (Lipinski definition) is 2. The van der Waals surface area contributed by atoms with E-state index >= 15 is 0 Å². The fourth-order valence-corrected chi connectivity index (χ4v) is 2.24. The molecule has 1 aromatic rings. The highest BCUT2D eigenvalue weighted by atomic mass is 16.5. The van der Waals surface area contributed by atoms with Gasteiger partial charge in [-0.3, -0.25) is 4.98 Å². The lowest BCUT2D eigenvalue weighted by Gasteiger charge is -2.27. The molecule has 0 saturated heterocycles. The largest absolute Gasteiger partial charge is 0.398 e. The summed E-state index contributed by atoms with van der Waals surface area (Å²) < 4.78 is 5.84. The van der Waals surface area contributed by atoms with Crippen LogP contribution in [0.1, 0.15) is 39.2 Å². The molecule has 0 aliphatic heterocycles. The summed E-state index contributed by atoms with van der Waals surface area (Å²) in [4.78, 5) is 4.16. The summed E-state index contributed by atoms with van der Waals surface area (Å²) in [5, 5.41) is 3.57. The molecule has 2 unspecified atom stereocenters. The van der Waals surface area contributed by atoms with Gasteiger partial charge in [0.15, 0.2) is 0 Å². The highest BCUT2D eigenvalue weighted by Gasteiger charge is 2.20. The van der Waals surface area contributed by atoms with Gasteiger partial charge in [0.2, 0.25) is 0 Å². The van der Waals surface area contributed by atoms with Crippen LogP contribution in [-0.2, 0) is 11.2 Å². The van der Waals surface area contributed by atoms with Gasteiger partial charge >= 0.3 is 0 Å². The zero-order valence-corrected chi connectivity index (χ0v) is 12.4. The molecule has 0 radical (unpaired) electrons. The topological polar surface area (TPSA) is 60.2 Å². The van der Waals surface area contributed by atoms with Crippen molar-refractivity contribution < 1.29 is 4.74 Å². The second-order valence-electron chi connectivity index (χ2n) is 4.74. The van der Waals surface area contributed by atoms with Crippen molar-refractivity contribution in [1.82, 2.24) is 10.3 Å².